The Bertz CT molecular complexity index is 1130. The summed E-state index contributed by atoms with van der Waals surface area (Å²) in [6.45, 7) is 3.34. The molecule has 0 atom stereocenters. The second-order valence-corrected chi connectivity index (χ2v) is 8.02. The van der Waals surface area contributed by atoms with Gasteiger partial charge in [0.15, 0.2) is 5.69 Å². The molecule has 3 aromatic rings. The molecule has 1 saturated heterocycles. The minimum absolute atomic E-state index is 0.0543. The second-order valence-electron chi connectivity index (χ2n) is 8.02. The molecule has 2 aromatic carbocycles. The van der Waals surface area contributed by atoms with E-state index in [1.807, 2.05) is 0 Å². The first-order valence-electron chi connectivity index (χ1n) is 11.2. The summed E-state index contributed by atoms with van der Waals surface area (Å²) in [5.74, 6) is 0.911. The molecule has 33 heavy (non-hydrogen) atoms. The maximum Gasteiger partial charge on any atom is 0.411 e. The monoisotopic (exact) mass is 452 g/mol. The fourth-order valence-electron chi connectivity index (χ4n) is 4.01. The van der Waals surface area contributed by atoms with Crippen LogP contribution in [0.15, 0.2) is 53.3 Å². The van der Waals surface area contributed by atoms with Gasteiger partial charge in [-0.15, -0.1) is 4.68 Å². The van der Waals surface area contributed by atoms with E-state index >= 15 is 0 Å². The number of carbonyl (C=O) groups excluding carboxylic acids is 1. The van der Waals surface area contributed by atoms with E-state index < -0.39 is 11.5 Å². The summed E-state index contributed by atoms with van der Waals surface area (Å²) in [5.41, 5.74) is 0.847. The first-order chi connectivity index (χ1) is 16.1. The van der Waals surface area contributed by atoms with Crippen molar-refractivity contribution in [3.05, 3.63) is 64.6 Å². The highest BCUT2D eigenvalue weighted by Gasteiger charge is 2.29. The van der Waals surface area contributed by atoms with Crippen LogP contribution in [0, 0.1) is 0 Å². The number of hydrogen-bond donors (Lipinski definition) is 2. The minimum Gasteiger partial charge on any atom is -0.497 e. The van der Waals surface area contributed by atoms with Gasteiger partial charge < -0.3 is 14.8 Å². The second kappa shape index (κ2) is 10.4. The molecule has 0 spiro atoms. The average Bonchev–Trinajstić information content (AvgIpc) is 3.20. The number of carbonyl (C=O) groups is 1. The third kappa shape index (κ3) is 5.25. The number of nitrogens with one attached hydrogen (secondary N) is 2. The van der Waals surface area contributed by atoms with E-state index in [1.54, 1.807) is 67.4 Å². The van der Waals surface area contributed by atoms with Gasteiger partial charge >= 0.3 is 17.2 Å². The van der Waals surface area contributed by atoms with Gasteiger partial charge in [0.25, 0.3) is 0 Å². The number of piperidine rings is 1. The highest BCUT2D eigenvalue weighted by Crippen LogP contribution is 2.16. The van der Waals surface area contributed by atoms with E-state index in [2.05, 4.69) is 15.4 Å². The Kier molecular flexibility index (Phi) is 7.09. The quantitative estimate of drug-likeness (QED) is 0.512. The maximum absolute atomic E-state index is 13.3. The highest BCUT2D eigenvalue weighted by atomic mass is 16.5. The van der Waals surface area contributed by atoms with Gasteiger partial charge in [-0.05, 0) is 74.5 Å². The van der Waals surface area contributed by atoms with E-state index in [-0.39, 0.29) is 5.69 Å². The van der Waals surface area contributed by atoms with Crippen molar-refractivity contribution < 1.29 is 19.0 Å². The third-order valence-corrected chi connectivity index (χ3v) is 5.88. The Labute approximate surface area is 192 Å². The minimum atomic E-state index is -0.465. The molecule has 2 heterocycles. The zero-order valence-electron chi connectivity index (χ0n) is 19.0. The van der Waals surface area contributed by atoms with Crippen LogP contribution in [-0.2, 0) is 6.54 Å². The van der Waals surface area contributed by atoms with E-state index in [9.17, 15) is 9.59 Å². The number of aromatic nitrogens is 3. The smallest absolute Gasteiger partial charge is 0.411 e. The van der Waals surface area contributed by atoms with Gasteiger partial charge in [-0.25, -0.2) is 4.79 Å². The van der Waals surface area contributed by atoms with Crippen molar-refractivity contribution in [1.82, 2.24) is 14.8 Å². The van der Waals surface area contributed by atoms with Crippen LogP contribution in [0.3, 0.4) is 0 Å². The number of ether oxygens (including phenoxy) is 2. The van der Waals surface area contributed by atoms with Crippen LogP contribution >= 0.6 is 0 Å². The van der Waals surface area contributed by atoms with Crippen LogP contribution in [0.4, 0.5) is 5.69 Å². The molecule has 9 heteroatoms. The SMILES string of the molecule is COc1ccc(NC(=O)c2c(=O)n(-c3ccc(OC)cc3)[nH][n+]2CCN2CCCCC2)cc1. The number of H-pyrrole nitrogens is 1. The molecule has 4 rings (SSSR count). The van der Waals surface area contributed by atoms with E-state index in [1.165, 1.54) is 23.9 Å². The molecule has 1 aliphatic rings. The average molecular weight is 453 g/mol. The van der Waals surface area contributed by atoms with Crippen molar-refractivity contribution in [3.63, 3.8) is 0 Å². The zero-order valence-corrected chi connectivity index (χ0v) is 19.0. The van der Waals surface area contributed by atoms with Crippen molar-refractivity contribution in [2.24, 2.45) is 0 Å². The lowest BCUT2D eigenvalue weighted by Crippen LogP contribution is -2.49. The van der Waals surface area contributed by atoms with Gasteiger partial charge in [-0.2, -0.15) is 0 Å². The summed E-state index contributed by atoms with van der Waals surface area (Å²) in [5, 5.41) is 5.93. The summed E-state index contributed by atoms with van der Waals surface area (Å²) in [6.07, 6.45) is 3.61. The predicted octanol–water partition coefficient (Wildman–Crippen LogP) is 2.21. The normalized spacial score (nSPS) is 14.1. The van der Waals surface area contributed by atoms with Crippen molar-refractivity contribution >= 4 is 11.6 Å². The Balaban J connectivity index is 1.63. The standard InChI is InChI=1S/C24H29N5O4/c1-32-20-10-6-18(7-11-20)25-23(30)22-24(31)29(19-8-12-21(33-2)13-9-19)26-28(22)17-16-27-14-4-3-5-15-27/h6-13H,3-5,14-17H2,1-2H3,(H-,25,26,30,31)/p+1. The summed E-state index contributed by atoms with van der Waals surface area (Å²) in [6, 6.07) is 14.1. The largest absolute Gasteiger partial charge is 0.497 e. The molecule has 1 fully saturated rings. The number of likely N-dealkylation sites (tertiary alicyclic amines) is 1. The van der Waals surface area contributed by atoms with Crippen LogP contribution in [0.25, 0.3) is 5.69 Å². The maximum atomic E-state index is 13.3. The van der Waals surface area contributed by atoms with Crippen molar-refractivity contribution in [1.29, 1.82) is 0 Å². The number of amides is 1. The fraction of sp³-hybridized carbons (Fsp3) is 0.375. The molecule has 9 nitrogen and oxygen atoms in total. The number of nitrogens with zero attached hydrogens (tertiary/aromatic N) is 3. The van der Waals surface area contributed by atoms with Crippen LogP contribution in [0.5, 0.6) is 11.5 Å². The molecular weight excluding hydrogens is 422 g/mol. The lowest BCUT2D eigenvalue weighted by Gasteiger charge is -2.25. The van der Waals surface area contributed by atoms with Crippen molar-refractivity contribution in [2.75, 3.05) is 39.2 Å². The van der Waals surface area contributed by atoms with Gasteiger partial charge in [-0.3, -0.25) is 9.69 Å². The van der Waals surface area contributed by atoms with Crippen LogP contribution < -0.4 is 25.0 Å². The first-order valence-corrected chi connectivity index (χ1v) is 11.2. The molecule has 1 aliphatic heterocycles. The third-order valence-electron chi connectivity index (χ3n) is 5.88. The predicted molar refractivity (Wildman–Crippen MR) is 124 cm³/mol. The molecule has 0 aliphatic carbocycles. The Morgan fingerprint density at radius 2 is 1.58 bits per heavy atom. The molecule has 174 valence electrons. The molecular formula is C24H30N5O4+. The van der Waals surface area contributed by atoms with Gasteiger partial charge in [0.05, 0.1) is 14.2 Å². The molecule has 2 N–H and O–H groups in total. The molecule has 0 saturated carbocycles. The summed E-state index contributed by atoms with van der Waals surface area (Å²) in [4.78, 5) is 28.9. The van der Waals surface area contributed by atoms with E-state index in [0.29, 0.717) is 29.4 Å². The Morgan fingerprint density at radius 3 is 2.18 bits per heavy atom. The van der Waals surface area contributed by atoms with Crippen LogP contribution in [-0.4, -0.2) is 54.6 Å². The Hall–Kier alpha value is -3.59. The van der Waals surface area contributed by atoms with Gasteiger partial charge in [0.1, 0.15) is 18.0 Å². The summed E-state index contributed by atoms with van der Waals surface area (Å²) < 4.78 is 13.4. The fourth-order valence-corrected chi connectivity index (χ4v) is 4.01. The molecule has 1 amide bonds. The lowest BCUT2D eigenvalue weighted by molar-refractivity contribution is -0.755. The summed E-state index contributed by atoms with van der Waals surface area (Å²) >= 11 is 0. The van der Waals surface area contributed by atoms with Crippen LogP contribution in [0.2, 0.25) is 0 Å². The lowest BCUT2D eigenvalue weighted by atomic mass is 10.1. The number of rotatable bonds is 8. The van der Waals surface area contributed by atoms with E-state index in [4.69, 9.17) is 9.47 Å². The number of methoxy groups -OCH3 is 2. The van der Waals surface area contributed by atoms with Gasteiger partial charge in [0, 0.05) is 12.2 Å². The zero-order chi connectivity index (χ0) is 23.2. The van der Waals surface area contributed by atoms with Crippen LogP contribution in [0.1, 0.15) is 29.8 Å². The van der Waals surface area contributed by atoms with Crippen molar-refractivity contribution in [3.8, 4) is 17.2 Å². The number of aromatic amines is 1. The Morgan fingerprint density at radius 1 is 0.970 bits per heavy atom. The number of anilines is 1. The number of benzene rings is 2. The van der Waals surface area contributed by atoms with Crippen molar-refractivity contribution in [2.45, 2.75) is 25.8 Å². The van der Waals surface area contributed by atoms with Gasteiger partial charge in [-0.1, -0.05) is 16.3 Å². The van der Waals surface area contributed by atoms with Gasteiger partial charge in [0.2, 0.25) is 0 Å². The topological polar surface area (TPSA) is 92.5 Å². The molecule has 0 radical (unpaired) electrons. The molecule has 1 aromatic heterocycles. The van der Waals surface area contributed by atoms with E-state index in [0.717, 1.165) is 19.6 Å². The molecule has 0 unspecified atom stereocenters. The highest BCUT2D eigenvalue weighted by molar-refractivity contribution is 6.01. The first kappa shape index (κ1) is 22.6. The molecule has 0 bridgehead atoms. The summed E-state index contributed by atoms with van der Waals surface area (Å²) in [7, 11) is 3.17. The number of hydrogen-bond acceptors (Lipinski definition) is 5.